The molecule has 5 heteroatoms. The Morgan fingerprint density at radius 1 is 1.42 bits per heavy atom. The zero-order valence-electron chi connectivity index (χ0n) is 11.9. The third-order valence-electron chi connectivity index (χ3n) is 3.18. The van der Waals surface area contributed by atoms with Crippen molar-refractivity contribution >= 4 is 23.4 Å². The molecule has 0 spiro atoms. The van der Waals surface area contributed by atoms with Gasteiger partial charge in [0.25, 0.3) is 0 Å². The number of benzene rings is 1. The molecule has 0 heterocycles. The van der Waals surface area contributed by atoms with E-state index in [-0.39, 0.29) is 19.1 Å². The second kappa shape index (κ2) is 6.93. The van der Waals surface area contributed by atoms with E-state index < -0.39 is 5.54 Å². The topological polar surface area (TPSA) is 52.6 Å². The molecule has 0 radical (unpaired) electrons. The summed E-state index contributed by atoms with van der Waals surface area (Å²) < 4.78 is 0. The predicted molar refractivity (Wildman–Crippen MR) is 80.6 cm³/mol. The van der Waals surface area contributed by atoms with Gasteiger partial charge in [-0.1, -0.05) is 12.1 Å². The number of rotatable bonds is 6. The van der Waals surface area contributed by atoms with Crippen LogP contribution < -0.4 is 5.32 Å². The first-order valence-electron chi connectivity index (χ1n) is 6.15. The highest BCUT2D eigenvalue weighted by Crippen LogP contribution is 2.24. The van der Waals surface area contributed by atoms with Crippen molar-refractivity contribution in [1.29, 1.82) is 0 Å². The van der Waals surface area contributed by atoms with Gasteiger partial charge in [-0.05, 0) is 39.3 Å². The Balaban J connectivity index is 2.66. The van der Waals surface area contributed by atoms with Crippen molar-refractivity contribution in [3.05, 3.63) is 24.3 Å². The zero-order chi connectivity index (χ0) is 14.5. The summed E-state index contributed by atoms with van der Waals surface area (Å²) >= 11 is 1.60. The Hall–Kier alpha value is -1.04. The third kappa shape index (κ3) is 4.53. The van der Waals surface area contributed by atoms with Gasteiger partial charge < -0.3 is 10.4 Å². The molecule has 1 aromatic rings. The molecule has 0 aliphatic heterocycles. The van der Waals surface area contributed by atoms with Crippen molar-refractivity contribution in [3.8, 4) is 0 Å². The lowest BCUT2D eigenvalue weighted by Crippen LogP contribution is -2.47. The van der Waals surface area contributed by atoms with Gasteiger partial charge in [-0.3, -0.25) is 9.69 Å². The van der Waals surface area contributed by atoms with Gasteiger partial charge in [0.15, 0.2) is 0 Å². The van der Waals surface area contributed by atoms with Crippen LogP contribution in [0.5, 0.6) is 0 Å². The van der Waals surface area contributed by atoms with Gasteiger partial charge in [0, 0.05) is 10.4 Å². The summed E-state index contributed by atoms with van der Waals surface area (Å²) in [7, 11) is 1.83. The number of aliphatic hydroxyl groups is 1. The Morgan fingerprint density at radius 3 is 2.63 bits per heavy atom. The van der Waals surface area contributed by atoms with Crippen LogP contribution in [-0.4, -0.2) is 47.9 Å². The fraction of sp³-hybridized carbons (Fsp3) is 0.500. The number of hydrogen-bond acceptors (Lipinski definition) is 4. The van der Waals surface area contributed by atoms with Crippen LogP contribution in [0.2, 0.25) is 0 Å². The van der Waals surface area contributed by atoms with Crippen molar-refractivity contribution in [2.45, 2.75) is 24.3 Å². The number of carbonyl (C=O) groups is 1. The standard InChI is InChI=1S/C14H22N2O2S/c1-14(2,10-17)16(3)9-13(18)15-11-7-5-6-8-12(11)19-4/h5-8,17H,9-10H2,1-4H3,(H,15,18). The minimum Gasteiger partial charge on any atom is -0.394 e. The van der Waals surface area contributed by atoms with Crippen LogP contribution in [0, 0.1) is 0 Å². The molecule has 0 bridgehead atoms. The van der Waals surface area contributed by atoms with Gasteiger partial charge in [-0.2, -0.15) is 0 Å². The van der Waals surface area contributed by atoms with E-state index >= 15 is 0 Å². The summed E-state index contributed by atoms with van der Waals surface area (Å²) in [4.78, 5) is 14.9. The molecule has 0 aliphatic carbocycles. The van der Waals surface area contributed by atoms with Gasteiger partial charge in [0.05, 0.1) is 18.8 Å². The first-order chi connectivity index (χ1) is 8.90. The quantitative estimate of drug-likeness (QED) is 0.784. The van der Waals surface area contributed by atoms with Crippen LogP contribution in [0.15, 0.2) is 29.2 Å². The van der Waals surface area contributed by atoms with E-state index in [1.165, 1.54) is 0 Å². The van der Waals surface area contributed by atoms with Crippen molar-refractivity contribution < 1.29 is 9.90 Å². The van der Waals surface area contributed by atoms with Gasteiger partial charge >= 0.3 is 0 Å². The molecular formula is C14H22N2O2S. The molecule has 0 atom stereocenters. The molecular weight excluding hydrogens is 260 g/mol. The highest BCUT2D eigenvalue weighted by Gasteiger charge is 2.24. The molecule has 1 aromatic carbocycles. The maximum atomic E-state index is 12.0. The van der Waals surface area contributed by atoms with E-state index in [9.17, 15) is 9.90 Å². The molecule has 0 aromatic heterocycles. The third-order valence-corrected chi connectivity index (χ3v) is 3.98. The number of likely N-dealkylation sites (N-methyl/N-ethyl adjacent to an activating group) is 1. The first kappa shape index (κ1) is 16.0. The molecule has 1 rings (SSSR count). The van der Waals surface area contributed by atoms with E-state index in [1.807, 2.05) is 56.3 Å². The van der Waals surface area contributed by atoms with Crippen molar-refractivity contribution in [2.75, 3.05) is 31.8 Å². The summed E-state index contributed by atoms with van der Waals surface area (Å²) in [6, 6.07) is 7.71. The maximum absolute atomic E-state index is 12.0. The van der Waals surface area contributed by atoms with Crippen LogP contribution in [0.3, 0.4) is 0 Å². The van der Waals surface area contributed by atoms with Crippen LogP contribution in [0.25, 0.3) is 0 Å². The van der Waals surface area contributed by atoms with Gasteiger partial charge in [0.1, 0.15) is 0 Å². The maximum Gasteiger partial charge on any atom is 0.238 e. The van der Waals surface area contributed by atoms with Gasteiger partial charge in [-0.15, -0.1) is 11.8 Å². The van der Waals surface area contributed by atoms with Crippen molar-refractivity contribution in [1.82, 2.24) is 4.90 Å². The summed E-state index contributed by atoms with van der Waals surface area (Å²) in [6.07, 6.45) is 1.98. The number of anilines is 1. The predicted octanol–water partition coefficient (Wildman–Crippen LogP) is 2.05. The second-order valence-electron chi connectivity index (χ2n) is 5.08. The summed E-state index contributed by atoms with van der Waals surface area (Å²) in [5, 5.41) is 12.2. The first-order valence-corrected chi connectivity index (χ1v) is 7.38. The molecule has 2 N–H and O–H groups in total. The van der Waals surface area contributed by atoms with Crippen LogP contribution >= 0.6 is 11.8 Å². The molecule has 4 nitrogen and oxygen atoms in total. The summed E-state index contributed by atoms with van der Waals surface area (Å²) in [6.45, 7) is 4.06. The minimum absolute atomic E-state index is 0.0121. The Morgan fingerprint density at radius 2 is 2.05 bits per heavy atom. The molecule has 19 heavy (non-hydrogen) atoms. The average Bonchev–Trinajstić information content (AvgIpc) is 2.39. The van der Waals surface area contributed by atoms with Crippen molar-refractivity contribution in [3.63, 3.8) is 0 Å². The van der Waals surface area contributed by atoms with Gasteiger partial charge in [-0.25, -0.2) is 0 Å². The lowest BCUT2D eigenvalue weighted by atomic mass is 10.1. The number of para-hydroxylation sites is 1. The number of amides is 1. The average molecular weight is 282 g/mol. The number of aliphatic hydroxyl groups excluding tert-OH is 1. The Bertz CT molecular complexity index is 435. The second-order valence-corrected chi connectivity index (χ2v) is 5.92. The molecule has 0 saturated carbocycles. The fourth-order valence-electron chi connectivity index (χ4n) is 1.49. The molecule has 0 saturated heterocycles. The van der Waals surface area contributed by atoms with Crippen molar-refractivity contribution in [2.24, 2.45) is 0 Å². The molecule has 1 amide bonds. The largest absolute Gasteiger partial charge is 0.394 e. The fourth-order valence-corrected chi connectivity index (χ4v) is 2.04. The lowest BCUT2D eigenvalue weighted by molar-refractivity contribution is -0.118. The van der Waals surface area contributed by atoms with Crippen LogP contribution in [0.4, 0.5) is 5.69 Å². The number of nitrogens with zero attached hydrogens (tertiary/aromatic N) is 1. The minimum atomic E-state index is -0.406. The van der Waals surface area contributed by atoms with Crippen LogP contribution in [0.1, 0.15) is 13.8 Å². The monoisotopic (exact) mass is 282 g/mol. The number of thioether (sulfide) groups is 1. The highest BCUT2D eigenvalue weighted by atomic mass is 32.2. The molecule has 0 unspecified atom stereocenters. The zero-order valence-corrected chi connectivity index (χ0v) is 12.8. The highest BCUT2D eigenvalue weighted by molar-refractivity contribution is 7.98. The number of nitrogens with one attached hydrogen (secondary N) is 1. The lowest BCUT2D eigenvalue weighted by Gasteiger charge is -2.33. The van der Waals surface area contributed by atoms with E-state index in [0.29, 0.717) is 0 Å². The normalized spacial score (nSPS) is 11.7. The Labute approximate surface area is 119 Å². The van der Waals surface area contributed by atoms with E-state index in [0.717, 1.165) is 10.6 Å². The smallest absolute Gasteiger partial charge is 0.238 e. The number of carbonyl (C=O) groups excluding carboxylic acids is 1. The summed E-state index contributed by atoms with van der Waals surface area (Å²) in [5.41, 5.74) is 0.423. The molecule has 106 valence electrons. The molecule has 0 aliphatic rings. The van der Waals surface area contributed by atoms with Gasteiger partial charge in [0.2, 0.25) is 5.91 Å². The van der Waals surface area contributed by atoms with E-state index in [4.69, 9.17) is 0 Å². The van der Waals surface area contributed by atoms with E-state index in [2.05, 4.69) is 5.32 Å². The van der Waals surface area contributed by atoms with Crippen LogP contribution in [-0.2, 0) is 4.79 Å². The summed E-state index contributed by atoms with van der Waals surface area (Å²) in [5.74, 6) is -0.0782. The Kier molecular flexibility index (Phi) is 5.85. The molecule has 0 fully saturated rings. The van der Waals surface area contributed by atoms with E-state index in [1.54, 1.807) is 11.8 Å². The number of hydrogen-bond donors (Lipinski definition) is 2. The SMILES string of the molecule is CSc1ccccc1NC(=O)CN(C)C(C)(C)CO.